The molecule has 2 fully saturated rings. The van der Waals surface area contributed by atoms with Crippen LogP contribution in [0.4, 0.5) is 24.7 Å². The van der Waals surface area contributed by atoms with Gasteiger partial charge in [-0.1, -0.05) is 11.6 Å². The van der Waals surface area contributed by atoms with Crippen LogP contribution in [0.25, 0.3) is 16.9 Å². The van der Waals surface area contributed by atoms with Crippen molar-refractivity contribution in [2.45, 2.75) is 24.7 Å². The first kappa shape index (κ1) is 31.7. The molecule has 6 rings (SSSR count). The number of anilines is 2. The predicted octanol–water partition coefficient (Wildman–Crippen LogP) is 2.24. The van der Waals surface area contributed by atoms with Crippen molar-refractivity contribution in [2.75, 3.05) is 38.0 Å². The van der Waals surface area contributed by atoms with Gasteiger partial charge in [-0.3, -0.25) is 23.9 Å². The van der Waals surface area contributed by atoms with E-state index in [-0.39, 0.29) is 51.6 Å². The number of benzene rings is 1. The Bertz CT molecular complexity index is 1700. The van der Waals surface area contributed by atoms with Crippen LogP contribution >= 0.6 is 11.6 Å². The Hall–Kier alpha value is -4.74. The van der Waals surface area contributed by atoms with E-state index in [4.69, 9.17) is 21.5 Å². The zero-order valence-electron chi connectivity index (χ0n) is 23.3. The molecular weight excluding hydrogens is 623 g/mol. The number of hydrogen-bond acceptors (Lipinski definition) is 9. The fourth-order valence-electron chi connectivity index (χ4n) is 5.23. The number of piperazine rings is 1. The number of aromatic nitrogens is 5. The largest absolute Gasteiger partial charge is 0.483 e. The Morgan fingerprint density at radius 1 is 1.11 bits per heavy atom. The molecule has 0 saturated carbocycles. The fourth-order valence-corrected chi connectivity index (χ4v) is 5.49. The van der Waals surface area contributed by atoms with Gasteiger partial charge in [-0.2, -0.15) is 18.3 Å². The molecule has 5 heterocycles. The summed E-state index contributed by atoms with van der Waals surface area (Å²) >= 11 is 6.50. The predicted molar refractivity (Wildman–Crippen MR) is 154 cm³/mol. The van der Waals surface area contributed by atoms with Crippen molar-refractivity contribution in [3.05, 3.63) is 59.3 Å². The van der Waals surface area contributed by atoms with Crippen molar-refractivity contribution in [2.24, 2.45) is 0 Å². The summed E-state index contributed by atoms with van der Waals surface area (Å²) in [6, 6.07) is 4.36. The van der Waals surface area contributed by atoms with Gasteiger partial charge in [0.15, 0.2) is 11.5 Å². The second kappa shape index (κ2) is 13.1. The normalized spacial score (nSPS) is 18.4. The van der Waals surface area contributed by atoms with E-state index in [1.165, 1.54) is 23.0 Å². The zero-order chi connectivity index (χ0) is 32.3. The summed E-state index contributed by atoms with van der Waals surface area (Å²) in [7, 11) is 0. The monoisotopic (exact) mass is 649 g/mol. The highest BCUT2D eigenvalue weighted by Crippen LogP contribution is 2.36. The minimum absolute atomic E-state index is 0.0779. The van der Waals surface area contributed by atoms with Gasteiger partial charge in [-0.15, -0.1) is 0 Å². The average Bonchev–Trinajstić information content (AvgIpc) is 3.77. The summed E-state index contributed by atoms with van der Waals surface area (Å²) in [5, 5.41) is 28.4. The Morgan fingerprint density at radius 3 is 2.47 bits per heavy atom. The molecule has 18 heteroatoms. The molecule has 0 unspecified atom stereocenters. The van der Waals surface area contributed by atoms with E-state index in [1.807, 2.05) is 5.10 Å². The standard InChI is InChI=1S/C26H25ClF3N9O3.CH2O2/c27-18-9-14(1-2-16(18)24(41)37-5-7-38(8-6-37)25(42)19-10-15(40)11-32-19)35-22-23-33-13-20(39(23)4-3-31-22)17-12-34-36-21(17)26(28,29)30;2-1-3/h1-4,9,12-13,15,19,32,40H,5-8,10-11H2,(H,31,35)(H,34,36);1H,(H,2,3)/t15-,19+;/m1./s1. The molecule has 0 spiro atoms. The molecule has 2 aliphatic heterocycles. The Morgan fingerprint density at radius 2 is 1.82 bits per heavy atom. The number of carboxylic acid groups (broad SMARTS) is 1. The number of halogens is 4. The molecule has 2 atom stereocenters. The number of aromatic amines is 1. The Kier molecular flexibility index (Phi) is 9.21. The van der Waals surface area contributed by atoms with Gasteiger partial charge in [-0.05, 0) is 24.6 Å². The first-order valence-corrected chi connectivity index (χ1v) is 14.0. The van der Waals surface area contributed by atoms with E-state index >= 15 is 0 Å². The highest BCUT2D eigenvalue weighted by molar-refractivity contribution is 6.34. The molecule has 238 valence electrons. The van der Waals surface area contributed by atoms with E-state index in [9.17, 15) is 27.9 Å². The van der Waals surface area contributed by atoms with E-state index in [0.717, 1.165) is 6.20 Å². The van der Waals surface area contributed by atoms with Gasteiger partial charge in [0, 0.05) is 50.8 Å². The van der Waals surface area contributed by atoms with Crippen LogP contribution in [0, 0.1) is 0 Å². The number of nitrogens with zero attached hydrogens (tertiary/aromatic N) is 6. The molecule has 2 amide bonds. The maximum atomic E-state index is 13.4. The molecule has 0 bridgehead atoms. The molecular formula is C27H27ClF3N9O5. The molecule has 2 aliphatic rings. The van der Waals surface area contributed by atoms with Crippen LogP contribution in [0.3, 0.4) is 0 Å². The number of β-amino-alcohol motifs (C(OH)–C–C–N with tert-alkyl or cyclic N) is 1. The number of rotatable bonds is 5. The average molecular weight is 650 g/mol. The fraction of sp³-hybridized carbons (Fsp3) is 0.333. The lowest BCUT2D eigenvalue weighted by Gasteiger charge is -2.36. The van der Waals surface area contributed by atoms with Gasteiger partial charge >= 0.3 is 6.18 Å². The van der Waals surface area contributed by atoms with Crippen LogP contribution in [0.5, 0.6) is 0 Å². The van der Waals surface area contributed by atoms with E-state index in [1.54, 1.807) is 28.0 Å². The van der Waals surface area contributed by atoms with E-state index in [0.29, 0.717) is 44.8 Å². The Balaban J connectivity index is 0.00000128. The van der Waals surface area contributed by atoms with Gasteiger partial charge < -0.3 is 30.6 Å². The summed E-state index contributed by atoms with van der Waals surface area (Å²) in [6.45, 7) is 1.58. The van der Waals surface area contributed by atoms with Crippen LogP contribution in [0.2, 0.25) is 5.02 Å². The number of fused-ring (bicyclic) bond motifs is 1. The molecule has 3 aromatic heterocycles. The maximum Gasteiger partial charge on any atom is 0.433 e. The number of imidazole rings is 1. The molecule has 0 aliphatic carbocycles. The molecule has 45 heavy (non-hydrogen) atoms. The van der Waals surface area contributed by atoms with Crippen molar-refractivity contribution >= 4 is 47.0 Å². The minimum atomic E-state index is -4.62. The summed E-state index contributed by atoms with van der Waals surface area (Å²) < 4.78 is 41.7. The van der Waals surface area contributed by atoms with E-state index in [2.05, 4.69) is 25.7 Å². The topological polar surface area (TPSA) is 181 Å². The minimum Gasteiger partial charge on any atom is -0.483 e. The number of amides is 2. The lowest BCUT2D eigenvalue weighted by molar-refractivity contribution is -0.140. The smallest absolute Gasteiger partial charge is 0.433 e. The van der Waals surface area contributed by atoms with E-state index < -0.39 is 24.0 Å². The van der Waals surface area contributed by atoms with Crippen LogP contribution in [-0.4, -0.2) is 108 Å². The maximum absolute atomic E-state index is 13.4. The Labute approximate surface area is 257 Å². The number of aliphatic hydroxyl groups excluding tert-OH is 1. The summed E-state index contributed by atoms with van der Waals surface area (Å²) in [5.74, 6) is -0.0846. The lowest BCUT2D eigenvalue weighted by Crippen LogP contribution is -2.54. The number of alkyl halides is 3. The number of aliphatic hydroxyl groups is 1. The molecule has 2 saturated heterocycles. The quantitative estimate of drug-likeness (QED) is 0.201. The van der Waals surface area contributed by atoms with Gasteiger partial charge in [0.05, 0.1) is 46.4 Å². The second-order valence-corrected chi connectivity index (χ2v) is 10.6. The third-order valence-electron chi connectivity index (χ3n) is 7.37. The van der Waals surface area contributed by atoms with Gasteiger partial charge in [0.1, 0.15) is 5.69 Å². The van der Waals surface area contributed by atoms with Crippen molar-refractivity contribution in [1.82, 2.24) is 39.7 Å². The number of carbonyl (C=O) groups is 3. The molecule has 4 aromatic rings. The van der Waals surface area contributed by atoms with Crippen LogP contribution < -0.4 is 10.6 Å². The molecule has 1 aromatic carbocycles. The van der Waals surface area contributed by atoms with Gasteiger partial charge in [0.2, 0.25) is 5.91 Å². The van der Waals surface area contributed by atoms with Crippen molar-refractivity contribution in [1.29, 1.82) is 0 Å². The number of carbonyl (C=O) groups excluding carboxylic acids is 2. The van der Waals surface area contributed by atoms with Crippen LogP contribution in [0.1, 0.15) is 22.5 Å². The van der Waals surface area contributed by atoms with Gasteiger partial charge in [0.25, 0.3) is 12.4 Å². The number of hydrogen-bond donors (Lipinski definition) is 5. The first-order valence-electron chi connectivity index (χ1n) is 13.6. The third-order valence-corrected chi connectivity index (χ3v) is 7.69. The molecule has 14 nitrogen and oxygen atoms in total. The highest BCUT2D eigenvalue weighted by Gasteiger charge is 2.37. The second-order valence-electron chi connectivity index (χ2n) is 10.2. The lowest BCUT2D eigenvalue weighted by atomic mass is 10.1. The summed E-state index contributed by atoms with van der Waals surface area (Å²) in [6.07, 6.45) is 0.527. The van der Waals surface area contributed by atoms with Crippen LogP contribution in [0.15, 0.2) is 43.0 Å². The summed E-state index contributed by atoms with van der Waals surface area (Å²) in [4.78, 5) is 46.1. The molecule has 5 N–H and O–H groups in total. The third kappa shape index (κ3) is 6.69. The van der Waals surface area contributed by atoms with Crippen molar-refractivity contribution in [3.8, 4) is 11.3 Å². The zero-order valence-corrected chi connectivity index (χ0v) is 24.1. The number of H-pyrrole nitrogens is 1. The van der Waals surface area contributed by atoms with Crippen LogP contribution in [-0.2, 0) is 15.8 Å². The first-order chi connectivity index (χ1) is 21.5. The number of nitrogens with one attached hydrogen (secondary N) is 3. The summed E-state index contributed by atoms with van der Waals surface area (Å²) in [5.41, 5.74) is 0.0833. The molecule has 0 radical (unpaired) electrons. The van der Waals surface area contributed by atoms with Crippen molar-refractivity contribution < 1.29 is 37.8 Å². The highest BCUT2D eigenvalue weighted by atomic mass is 35.5. The van der Waals surface area contributed by atoms with Crippen molar-refractivity contribution in [3.63, 3.8) is 0 Å². The van der Waals surface area contributed by atoms with Gasteiger partial charge in [-0.25, -0.2) is 9.97 Å². The SMILES string of the molecule is O=C(c1ccc(Nc2nccn3c(-c4cn[nH]c4C(F)(F)F)cnc23)cc1Cl)N1CCN(C(=O)[C@@H]2C[C@@H](O)CN2)CC1.O=CO.